The van der Waals surface area contributed by atoms with E-state index in [1.807, 2.05) is 44.7 Å². The van der Waals surface area contributed by atoms with Crippen molar-refractivity contribution in [2.45, 2.75) is 72.3 Å². The van der Waals surface area contributed by atoms with E-state index >= 15 is 0 Å². The molecule has 0 radical (unpaired) electrons. The summed E-state index contributed by atoms with van der Waals surface area (Å²) < 4.78 is 5.39. The molecule has 38 heavy (non-hydrogen) atoms. The van der Waals surface area contributed by atoms with Crippen molar-refractivity contribution in [3.05, 3.63) is 46.4 Å². The summed E-state index contributed by atoms with van der Waals surface area (Å²) in [4.78, 5) is 15.8. The number of aromatic hydroxyl groups is 2. The maximum absolute atomic E-state index is 12.0. The lowest BCUT2D eigenvalue weighted by atomic mass is 10.1. The Hall–Kier alpha value is -1.16. The number of hydrogen-bond donors (Lipinski definition) is 3. The molecule has 4 rings (SSSR count). The molecule has 2 aliphatic rings. The highest BCUT2D eigenvalue weighted by Crippen LogP contribution is 2.37. The monoisotopic (exact) mass is 622 g/mol. The van der Waals surface area contributed by atoms with Crippen LogP contribution < -0.4 is 5.32 Å². The van der Waals surface area contributed by atoms with E-state index in [1.165, 1.54) is 12.8 Å². The van der Waals surface area contributed by atoms with Crippen molar-refractivity contribution < 1.29 is 19.7 Å². The molecule has 2 heterocycles. The fraction of sp³-hybridized carbons (Fsp3) is 0.519. The Morgan fingerprint density at radius 1 is 0.895 bits per heavy atom. The lowest BCUT2D eigenvalue weighted by Gasteiger charge is -2.33. The number of phenols is 2. The second-order valence-electron chi connectivity index (χ2n) is 10.1. The van der Waals surface area contributed by atoms with Gasteiger partial charge in [0.1, 0.15) is 17.1 Å². The number of rotatable bonds is 4. The molecular formula is C27H37Cl3N2O4S2. The second-order valence-corrected chi connectivity index (χ2v) is 13.6. The van der Waals surface area contributed by atoms with E-state index in [4.69, 9.17) is 27.9 Å². The Labute approximate surface area is 250 Å². The van der Waals surface area contributed by atoms with Crippen molar-refractivity contribution in [1.82, 2.24) is 10.2 Å². The van der Waals surface area contributed by atoms with Crippen LogP contribution in [0.25, 0.3) is 0 Å². The van der Waals surface area contributed by atoms with Crippen molar-refractivity contribution in [2.24, 2.45) is 0 Å². The van der Waals surface area contributed by atoms with Crippen LogP contribution in [0.2, 0.25) is 10.0 Å². The molecule has 0 aromatic heterocycles. The zero-order chi connectivity index (χ0) is 27.0. The van der Waals surface area contributed by atoms with Gasteiger partial charge in [0, 0.05) is 33.4 Å². The van der Waals surface area contributed by atoms with Gasteiger partial charge in [-0.15, -0.1) is 35.9 Å². The average Bonchev–Trinajstić information content (AvgIpc) is 2.83. The first kappa shape index (κ1) is 33.0. The maximum atomic E-state index is 12.0. The van der Waals surface area contributed by atoms with Crippen LogP contribution in [0.1, 0.15) is 46.5 Å². The molecule has 0 aliphatic carbocycles. The molecule has 0 saturated carbocycles. The van der Waals surface area contributed by atoms with Crippen LogP contribution >= 0.6 is 59.1 Å². The molecule has 2 aromatic rings. The number of benzene rings is 2. The van der Waals surface area contributed by atoms with Gasteiger partial charge in [-0.05, 0) is 95.9 Å². The van der Waals surface area contributed by atoms with Crippen molar-refractivity contribution >= 4 is 65.2 Å². The SMILES string of the molecule is CC(C)(C)OC(=O)N1CCC(Sc2ccc(O)cc2Cl)CC1.Cl.Oc1ccc(SC2CCNCC2)c(Cl)c1. The summed E-state index contributed by atoms with van der Waals surface area (Å²) in [7, 11) is 0. The average molecular weight is 624 g/mol. The molecule has 0 bridgehead atoms. The summed E-state index contributed by atoms with van der Waals surface area (Å²) in [5.41, 5.74) is -0.456. The Morgan fingerprint density at radius 2 is 1.34 bits per heavy atom. The van der Waals surface area contributed by atoms with Gasteiger partial charge in [-0.2, -0.15) is 0 Å². The predicted molar refractivity (Wildman–Crippen MR) is 162 cm³/mol. The van der Waals surface area contributed by atoms with Crippen molar-refractivity contribution in [3.63, 3.8) is 0 Å². The maximum Gasteiger partial charge on any atom is 0.410 e. The Bertz CT molecular complexity index is 1040. The Balaban J connectivity index is 0.000000277. The smallest absolute Gasteiger partial charge is 0.410 e. The van der Waals surface area contributed by atoms with Gasteiger partial charge in [0.05, 0.1) is 10.0 Å². The number of amides is 1. The van der Waals surface area contributed by atoms with Crippen molar-refractivity contribution in [2.75, 3.05) is 26.2 Å². The minimum Gasteiger partial charge on any atom is -0.508 e. The quantitative estimate of drug-likeness (QED) is 0.320. The van der Waals surface area contributed by atoms with Gasteiger partial charge in [-0.3, -0.25) is 0 Å². The third-order valence-corrected chi connectivity index (χ3v) is 9.48. The van der Waals surface area contributed by atoms with Gasteiger partial charge < -0.3 is 25.2 Å². The highest BCUT2D eigenvalue weighted by molar-refractivity contribution is 8.00. The number of piperidine rings is 2. The van der Waals surface area contributed by atoms with Crippen LogP contribution in [-0.2, 0) is 4.74 Å². The van der Waals surface area contributed by atoms with Crippen molar-refractivity contribution in [1.29, 1.82) is 0 Å². The third kappa shape index (κ3) is 11.1. The van der Waals surface area contributed by atoms with E-state index in [0.29, 0.717) is 33.6 Å². The minimum atomic E-state index is -0.456. The number of carbonyl (C=O) groups excluding carboxylic acids is 1. The van der Waals surface area contributed by atoms with Crippen LogP contribution in [0.4, 0.5) is 4.79 Å². The predicted octanol–water partition coefficient (Wildman–Crippen LogP) is 7.85. The molecule has 1 amide bonds. The van der Waals surface area contributed by atoms with Crippen LogP contribution in [0, 0.1) is 0 Å². The third-order valence-electron chi connectivity index (χ3n) is 5.80. The number of likely N-dealkylation sites (tertiary alicyclic amines) is 1. The topological polar surface area (TPSA) is 82.0 Å². The van der Waals surface area contributed by atoms with Crippen LogP contribution in [0.15, 0.2) is 46.2 Å². The van der Waals surface area contributed by atoms with E-state index < -0.39 is 5.60 Å². The number of carbonyl (C=O) groups is 1. The number of phenolic OH excluding ortho intramolecular Hbond substituents is 2. The number of hydrogen-bond acceptors (Lipinski definition) is 7. The van der Waals surface area contributed by atoms with Crippen LogP contribution in [0.3, 0.4) is 0 Å². The molecule has 0 unspecified atom stereocenters. The highest BCUT2D eigenvalue weighted by atomic mass is 35.5. The van der Waals surface area contributed by atoms with Gasteiger partial charge in [0.25, 0.3) is 0 Å². The molecule has 2 saturated heterocycles. The number of halogens is 3. The highest BCUT2D eigenvalue weighted by Gasteiger charge is 2.27. The summed E-state index contributed by atoms with van der Waals surface area (Å²) >= 11 is 15.7. The van der Waals surface area contributed by atoms with Gasteiger partial charge in [0.15, 0.2) is 0 Å². The molecule has 0 spiro atoms. The lowest BCUT2D eigenvalue weighted by molar-refractivity contribution is 0.0219. The lowest BCUT2D eigenvalue weighted by Crippen LogP contribution is -2.42. The van der Waals surface area contributed by atoms with Gasteiger partial charge in [0.2, 0.25) is 0 Å². The Morgan fingerprint density at radius 3 is 1.76 bits per heavy atom. The fourth-order valence-electron chi connectivity index (χ4n) is 3.93. The normalized spacial score (nSPS) is 16.7. The second kappa shape index (κ2) is 15.6. The molecule has 3 N–H and O–H groups in total. The first-order valence-corrected chi connectivity index (χ1v) is 15.0. The summed E-state index contributed by atoms with van der Waals surface area (Å²) in [5.74, 6) is 0.406. The zero-order valence-electron chi connectivity index (χ0n) is 21.9. The summed E-state index contributed by atoms with van der Waals surface area (Å²) in [6, 6.07) is 10.2. The molecule has 0 atom stereocenters. The molecule has 11 heteroatoms. The standard InChI is InChI=1S/C16H22ClNO3S.C11H14ClNOS.ClH/c1-16(2,3)21-15(20)18-8-6-12(7-9-18)22-14-5-4-11(19)10-13(14)17;12-10-7-8(14)1-2-11(10)15-9-3-5-13-6-4-9;/h4-5,10,12,19H,6-9H2,1-3H3;1-2,7,9,13-14H,3-6H2;1H. The molecular weight excluding hydrogens is 587 g/mol. The molecule has 2 fully saturated rings. The first-order chi connectivity index (χ1) is 17.5. The number of ether oxygens (including phenoxy) is 1. The molecule has 212 valence electrons. The molecule has 2 aromatic carbocycles. The summed E-state index contributed by atoms with van der Waals surface area (Å²) in [6.07, 6.45) is 3.94. The van der Waals surface area contributed by atoms with Crippen LogP contribution in [-0.4, -0.2) is 63.5 Å². The van der Waals surface area contributed by atoms with Crippen molar-refractivity contribution in [3.8, 4) is 11.5 Å². The minimum absolute atomic E-state index is 0. The van der Waals surface area contributed by atoms with E-state index in [2.05, 4.69) is 5.32 Å². The molecule has 2 aliphatic heterocycles. The number of thioether (sulfide) groups is 2. The number of nitrogens with zero attached hydrogens (tertiary/aromatic N) is 1. The van der Waals surface area contributed by atoms with E-state index in [-0.39, 0.29) is 30.0 Å². The summed E-state index contributed by atoms with van der Waals surface area (Å²) in [5, 5.41) is 24.2. The summed E-state index contributed by atoms with van der Waals surface area (Å²) in [6.45, 7) is 9.20. The fourth-order valence-corrected chi connectivity index (χ4v) is 6.81. The number of nitrogens with one attached hydrogen (secondary N) is 1. The zero-order valence-corrected chi connectivity index (χ0v) is 25.9. The molecule has 6 nitrogen and oxygen atoms in total. The van der Waals surface area contributed by atoms with Crippen LogP contribution in [0.5, 0.6) is 11.5 Å². The van der Waals surface area contributed by atoms with E-state index in [9.17, 15) is 15.0 Å². The first-order valence-electron chi connectivity index (χ1n) is 12.5. The largest absolute Gasteiger partial charge is 0.508 e. The van der Waals surface area contributed by atoms with Gasteiger partial charge in [-0.1, -0.05) is 23.2 Å². The van der Waals surface area contributed by atoms with Gasteiger partial charge >= 0.3 is 6.09 Å². The van der Waals surface area contributed by atoms with E-state index in [0.717, 1.165) is 35.7 Å². The van der Waals surface area contributed by atoms with Gasteiger partial charge in [-0.25, -0.2) is 4.79 Å². The van der Waals surface area contributed by atoms with E-state index in [1.54, 1.807) is 40.9 Å². The Kier molecular flexibility index (Phi) is 13.6.